The minimum absolute atomic E-state index is 0.279. The topological polar surface area (TPSA) is 74.5 Å². The smallest absolute Gasteiger partial charge is 0.339 e. The van der Waals surface area contributed by atoms with Gasteiger partial charge in [-0.2, -0.15) is 0 Å². The summed E-state index contributed by atoms with van der Waals surface area (Å²) in [5.41, 5.74) is 3.25. The van der Waals surface area contributed by atoms with Gasteiger partial charge < -0.3 is 14.0 Å². The van der Waals surface area contributed by atoms with Gasteiger partial charge in [0, 0.05) is 12.3 Å². The van der Waals surface area contributed by atoms with Gasteiger partial charge in [-0.15, -0.1) is 0 Å². The molecule has 0 saturated carbocycles. The van der Waals surface area contributed by atoms with Gasteiger partial charge in [0.1, 0.15) is 6.61 Å². The van der Waals surface area contributed by atoms with Crippen LogP contribution in [-0.2, 0) is 17.8 Å². The SMILES string of the molecule is CCCCc1noc(C=Cc2ccccc2)c1COc1ccc(C(=O)OC)cn1. The zero-order valence-corrected chi connectivity index (χ0v) is 16.6. The van der Waals surface area contributed by atoms with E-state index in [0.717, 1.165) is 36.1 Å². The molecule has 0 fully saturated rings. The fraction of sp³-hybridized carbons (Fsp3) is 0.261. The Morgan fingerprint density at radius 1 is 1.14 bits per heavy atom. The van der Waals surface area contributed by atoms with Crippen molar-refractivity contribution >= 4 is 18.1 Å². The number of esters is 1. The van der Waals surface area contributed by atoms with Crippen molar-refractivity contribution in [2.24, 2.45) is 0 Å². The Kier molecular flexibility index (Phi) is 7.16. The largest absolute Gasteiger partial charge is 0.473 e. The van der Waals surface area contributed by atoms with Crippen LogP contribution in [0.2, 0.25) is 0 Å². The second-order valence-electron chi connectivity index (χ2n) is 6.49. The molecule has 0 spiro atoms. The average molecular weight is 392 g/mol. The lowest BCUT2D eigenvalue weighted by Crippen LogP contribution is -2.04. The van der Waals surface area contributed by atoms with E-state index in [1.54, 1.807) is 12.1 Å². The summed E-state index contributed by atoms with van der Waals surface area (Å²) in [6.45, 7) is 2.42. The van der Waals surface area contributed by atoms with Gasteiger partial charge >= 0.3 is 5.97 Å². The van der Waals surface area contributed by atoms with Crippen LogP contribution in [0.4, 0.5) is 0 Å². The molecule has 0 aliphatic heterocycles. The number of benzene rings is 1. The molecule has 0 bridgehead atoms. The van der Waals surface area contributed by atoms with Crippen LogP contribution < -0.4 is 4.74 Å². The summed E-state index contributed by atoms with van der Waals surface area (Å²) >= 11 is 0. The highest BCUT2D eigenvalue weighted by Crippen LogP contribution is 2.21. The van der Waals surface area contributed by atoms with E-state index in [1.807, 2.05) is 42.5 Å². The summed E-state index contributed by atoms with van der Waals surface area (Å²) in [4.78, 5) is 15.7. The monoisotopic (exact) mass is 392 g/mol. The zero-order valence-electron chi connectivity index (χ0n) is 16.6. The first-order valence-electron chi connectivity index (χ1n) is 9.59. The Bertz CT molecular complexity index is 947. The predicted molar refractivity (Wildman–Crippen MR) is 110 cm³/mol. The number of unbranched alkanes of at least 4 members (excludes halogenated alkanes) is 1. The lowest BCUT2D eigenvalue weighted by atomic mass is 10.1. The van der Waals surface area contributed by atoms with Crippen molar-refractivity contribution in [2.45, 2.75) is 32.8 Å². The Hall–Kier alpha value is -3.41. The third-order valence-corrected chi connectivity index (χ3v) is 4.42. The van der Waals surface area contributed by atoms with Crippen LogP contribution in [0.25, 0.3) is 12.2 Å². The molecule has 0 aliphatic rings. The first kappa shape index (κ1) is 20.3. The molecular weight excluding hydrogens is 368 g/mol. The number of rotatable bonds is 9. The van der Waals surface area contributed by atoms with Crippen molar-refractivity contribution in [1.82, 2.24) is 10.1 Å². The molecule has 0 N–H and O–H groups in total. The molecule has 0 aliphatic carbocycles. The molecule has 0 atom stereocenters. The maximum Gasteiger partial charge on any atom is 0.339 e. The second-order valence-corrected chi connectivity index (χ2v) is 6.49. The number of methoxy groups -OCH3 is 1. The van der Waals surface area contributed by atoms with E-state index in [9.17, 15) is 4.79 Å². The van der Waals surface area contributed by atoms with E-state index in [-0.39, 0.29) is 6.61 Å². The van der Waals surface area contributed by atoms with Gasteiger partial charge in [-0.3, -0.25) is 0 Å². The molecule has 3 rings (SSSR count). The lowest BCUT2D eigenvalue weighted by molar-refractivity contribution is 0.0600. The number of carbonyl (C=O) groups is 1. The first-order chi connectivity index (χ1) is 14.2. The minimum Gasteiger partial charge on any atom is -0.473 e. The summed E-state index contributed by atoms with van der Waals surface area (Å²) < 4.78 is 16.1. The maximum atomic E-state index is 11.5. The molecule has 0 radical (unpaired) electrons. The quantitative estimate of drug-likeness (QED) is 0.480. The number of aromatic nitrogens is 2. The van der Waals surface area contributed by atoms with Crippen molar-refractivity contribution < 1.29 is 18.8 Å². The van der Waals surface area contributed by atoms with Gasteiger partial charge in [-0.1, -0.05) is 54.9 Å². The highest BCUT2D eigenvalue weighted by atomic mass is 16.5. The molecule has 0 amide bonds. The van der Waals surface area contributed by atoms with E-state index in [4.69, 9.17) is 9.26 Å². The molecule has 0 saturated heterocycles. The molecule has 3 aromatic rings. The van der Waals surface area contributed by atoms with Crippen molar-refractivity contribution in [3.05, 3.63) is 76.8 Å². The van der Waals surface area contributed by atoms with Gasteiger partial charge in [0.05, 0.1) is 23.9 Å². The molecular formula is C23H24N2O4. The predicted octanol–water partition coefficient (Wildman–Crippen LogP) is 4.95. The van der Waals surface area contributed by atoms with Gasteiger partial charge in [-0.25, -0.2) is 9.78 Å². The molecule has 0 unspecified atom stereocenters. The van der Waals surface area contributed by atoms with E-state index < -0.39 is 5.97 Å². The van der Waals surface area contributed by atoms with Crippen molar-refractivity contribution in [2.75, 3.05) is 7.11 Å². The minimum atomic E-state index is -0.432. The third kappa shape index (κ3) is 5.54. The van der Waals surface area contributed by atoms with Crippen LogP contribution in [0.15, 0.2) is 53.2 Å². The lowest BCUT2D eigenvalue weighted by Gasteiger charge is -2.06. The van der Waals surface area contributed by atoms with E-state index in [1.165, 1.54) is 13.3 Å². The molecule has 150 valence electrons. The fourth-order valence-electron chi connectivity index (χ4n) is 2.77. The standard InChI is InChI=1S/C23H24N2O4/c1-3-4-10-20-19(16-28-22-14-12-18(15-24-22)23(26)27-2)21(29-25-20)13-11-17-8-6-5-7-9-17/h5-9,11-15H,3-4,10,16H2,1-2H3. The second kappa shape index (κ2) is 10.2. The summed E-state index contributed by atoms with van der Waals surface area (Å²) in [6, 6.07) is 13.3. The number of hydrogen-bond donors (Lipinski definition) is 0. The molecule has 29 heavy (non-hydrogen) atoms. The summed E-state index contributed by atoms with van der Waals surface area (Å²) in [5, 5.41) is 4.24. The average Bonchev–Trinajstić information content (AvgIpc) is 3.16. The molecule has 2 aromatic heterocycles. The fourth-order valence-corrected chi connectivity index (χ4v) is 2.77. The van der Waals surface area contributed by atoms with Gasteiger partial charge in [0.2, 0.25) is 5.88 Å². The molecule has 6 nitrogen and oxygen atoms in total. The Labute approximate surface area is 170 Å². The van der Waals surface area contributed by atoms with Gasteiger partial charge in [0.25, 0.3) is 0 Å². The highest BCUT2D eigenvalue weighted by Gasteiger charge is 2.15. The summed E-state index contributed by atoms with van der Waals surface area (Å²) in [6.07, 6.45) is 8.24. The van der Waals surface area contributed by atoms with E-state index in [2.05, 4.69) is 21.8 Å². The van der Waals surface area contributed by atoms with Gasteiger partial charge in [0.15, 0.2) is 5.76 Å². The van der Waals surface area contributed by atoms with Crippen LogP contribution in [0.3, 0.4) is 0 Å². The Morgan fingerprint density at radius 3 is 2.66 bits per heavy atom. The highest BCUT2D eigenvalue weighted by molar-refractivity contribution is 5.88. The third-order valence-electron chi connectivity index (χ3n) is 4.42. The Balaban J connectivity index is 1.76. The van der Waals surface area contributed by atoms with Crippen molar-refractivity contribution in [3.63, 3.8) is 0 Å². The van der Waals surface area contributed by atoms with Gasteiger partial charge in [-0.05, 0) is 30.5 Å². The van der Waals surface area contributed by atoms with E-state index in [0.29, 0.717) is 17.2 Å². The van der Waals surface area contributed by atoms with Crippen LogP contribution in [-0.4, -0.2) is 23.2 Å². The van der Waals surface area contributed by atoms with Crippen molar-refractivity contribution in [3.8, 4) is 5.88 Å². The van der Waals surface area contributed by atoms with Crippen LogP contribution in [0.1, 0.15) is 52.7 Å². The number of nitrogens with zero attached hydrogens (tertiary/aromatic N) is 2. The van der Waals surface area contributed by atoms with Crippen molar-refractivity contribution in [1.29, 1.82) is 0 Å². The number of carbonyl (C=O) groups excluding carboxylic acids is 1. The molecule has 2 heterocycles. The number of aryl methyl sites for hydroxylation is 1. The van der Waals surface area contributed by atoms with Crippen LogP contribution in [0.5, 0.6) is 5.88 Å². The number of ether oxygens (including phenoxy) is 2. The summed E-state index contributed by atoms with van der Waals surface area (Å²) in [7, 11) is 1.33. The van der Waals surface area contributed by atoms with Crippen LogP contribution >= 0.6 is 0 Å². The maximum absolute atomic E-state index is 11.5. The van der Waals surface area contributed by atoms with E-state index >= 15 is 0 Å². The normalized spacial score (nSPS) is 11.0. The summed E-state index contributed by atoms with van der Waals surface area (Å²) in [5.74, 6) is 0.655. The number of hydrogen-bond acceptors (Lipinski definition) is 6. The zero-order chi connectivity index (χ0) is 20.5. The molecule has 6 heteroatoms. The first-order valence-corrected chi connectivity index (χ1v) is 9.59. The van der Waals surface area contributed by atoms with Crippen LogP contribution in [0, 0.1) is 0 Å². The molecule has 1 aromatic carbocycles. The number of pyridine rings is 1. The Morgan fingerprint density at radius 2 is 1.97 bits per heavy atom.